The van der Waals surface area contributed by atoms with E-state index in [-0.39, 0.29) is 5.02 Å². The molecule has 1 fully saturated rings. The third-order valence-corrected chi connectivity index (χ3v) is 2.82. The van der Waals surface area contributed by atoms with Crippen molar-refractivity contribution in [2.24, 2.45) is 5.92 Å². The fraction of sp³-hybridized carbons (Fsp3) is 0.455. The molecule has 15 heavy (non-hydrogen) atoms. The van der Waals surface area contributed by atoms with Gasteiger partial charge in [0, 0.05) is 12.1 Å². The summed E-state index contributed by atoms with van der Waals surface area (Å²) in [5, 5.41) is 2.93. The van der Waals surface area contributed by atoms with Crippen molar-refractivity contribution in [3.63, 3.8) is 0 Å². The minimum atomic E-state index is -0.568. The summed E-state index contributed by atoms with van der Waals surface area (Å²) in [4.78, 5) is 0. The summed E-state index contributed by atoms with van der Waals surface area (Å²) in [5.74, 6) is -0.295. The van der Waals surface area contributed by atoms with Gasteiger partial charge in [0.15, 0.2) is 0 Å². The van der Waals surface area contributed by atoms with Crippen molar-refractivity contribution in [3.8, 4) is 0 Å². The first kappa shape index (κ1) is 10.8. The van der Waals surface area contributed by atoms with Crippen LogP contribution in [0, 0.1) is 17.6 Å². The summed E-state index contributed by atoms with van der Waals surface area (Å²) in [6.45, 7) is 1.24. The van der Waals surface area contributed by atoms with Crippen molar-refractivity contribution in [1.82, 2.24) is 5.32 Å². The molecule has 0 saturated heterocycles. The zero-order chi connectivity index (χ0) is 10.8. The van der Waals surface area contributed by atoms with Gasteiger partial charge < -0.3 is 5.32 Å². The Morgan fingerprint density at radius 3 is 2.67 bits per heavy atom. The third kappa shape index (κ3) is 2.89. The van der Waals surface area contributed by atoms with E-state index in [1.54, 1.807) is 0 Å². The molecule has 0 spiro atoms. The number of hydrogen-bond acceptors (Lipinski definition) is 1. The predicted octanol–water partition coefficient (Wildman–Crippen LogP) is 3.12. The van der Waals surface area contributed by atoms with Gasteiger partial charge in [-0.25, -0.2) is 8.78 Å². The molecule has 0 unspecified atom stereocenters. The molecule has 1 aromatic rings. The zero-order valence-electron chi connectivity index (χ0n) is 8.19. The lowest BCUT2D eigenvalue weighted by molar-refractivity contribution is 0.562. The Labute approximate surface area is 92.4 Å². The van der Waals surface area contributed by atoms with E-state index >= 15 is 0 Å². The van der Waals surface area contributed by atoms with E-state index in [0.29, 0.717) is 12.1 Å². The molecule has 1 aliphatic carbocycles. The molecule has 0 amide bonds. The van der Waals surface area contributed by atoms with Crippen molar-refractivity contribution < 1.29 is 8.78 Å². The monoisotopic (exact) mass is 231 g/mol. The Bertz CT molecular complexity index is 364. The summed E-state index contributed by atoms with van der Waals surface area (Å²) >= 11 is 5.45. The molecule has 1 aliphatic rings. The molecule has 0 aromatic heterocycles. The fourth-order valence-corrected chi connectivity index (χ4v) is 1.58. The Morgan fingerprint density at radius 2 is 2.00 bits per heavy atom. The van der Waals surface area contributed by atoms with E-state index < -0.39 is 11.6 Å². The smallest absolute Gasteiger partial charge is 0.142 e. The Hall–Kier alpha value is -0.670. The number of rotatable bonds is 4. The molecule has 1 aromatic carbocycles. The topological polar surface area (TPSA) is 12.0 Å². The zero-order valence-corrected chi connectivity index (χ0v) is 8.95. The van der Waals surface area contributed by atoms with Crippen LogP contribution < -0.4 is 5.32 Å². The van der Waals surface area contributed by atoms with E-state index in [1.807, 2.05) is 0 Å². The van der Waals surface area contributed by atoms with E-state index in [9.17, 15) is 8.78 Å². The van der Waals surface area contributed by atoms with Crippen LogP contribution in [0.5, 0.6) is 0 Å². The Balaban J connectivity index is 1.96. The lowest BCUT2D eigenvalue weighted by atomic mass is 10.2. The van der Waals surface area contributed by atoms with Crippen LogP contribution in [-0.4, -0.2) is 6.54 Å². The van der Waals surface area contributed by atoms with Gasteiger partial charge in [0.2, 0.25) is 0 Å². The fourth-order valence-electron chi connectivity index (χ4n) is 1.43. The second kappa shape index (κ2) is 4.45. The molecule has 0 bridgehead atoms. The van der Waals surface area contributed by atoms with Crippen molar-refractivity contribution >= 4 is 11.6 Å². The maximum atomic E-state index is 13.3. The highest BCUT2D eigenvalue weighted by Gasteiger charge is 2.20. The molecule has 4 heteroatoms. The third-order valence-electron chi connectivity index (χ3n) is 2.53. The summed E-state index contributed by atoms with van der Waals surface area (Å²) in [6.07, 6.45) is 2.48. The van der Waals surface area contributed by atoms with Crippen molar-refractivity contribution in [2.45, 2.75) is 19.4 Å². The van der Waals surface area contributed by atoms with Crippen molar-refractivity contribution in [3.05, 3.63) is 34.4 Å². The number of benzene rings is 1. The molecule has 2 rings (SSSR count). The van der Waals surface area contributed by atoms with Gasteiger partial charge >= 0.3 is 0 Å². The number of hydrogen-bond donors (Lipinski definition) is 1. The van der Waals surface area contributed by atoms with Crippen LogP contribution in [0.1, 0.15) is 18.4 Å². The van der Waals surface area contributed by atoms with Gasteiger partial charge in [-0.1, -0.05) is 11.6 Å². The molecule has 1 saturated carbocycles. The first-order chi connectivity index (χ1) is 7.16. The van der Waals surface area contributed by atoms with Crippen LogP contribution in [0.15, 0.2) is 12.1 Å². The van der Waals surface area contributed by atoms with E-state index in [2.05, 4.69) is 5.32 Å². The molecule has 0 aliphatic heterocycles. The van der Waals surface area contributed by atoms with Crippen LogP contribution in [-0.2, 0) is 6.54 Å². The SMILES string of the molecule is Fc1cc(CNCC2CC2)c(F)cc1Cl. The van der Waals surface area contributed by atoms with E-state index in [1.165, 1.54) is 12.8 Å². The minimum Gasteiger partial charge on any atom is -0.312 e. The second-order valence-corrected chi connectivity index (χ2v) is 4.34. The van der Waals surface area contributed by atoms with Gasteiger partial charge in [-0.3, -0.25) is 0 Å². The minimum absolute atomic E-state index is 0.168. The molecule has 82 valence electrons. The first-order valence-electron chi connectivity index (χ1n) is 5.01. The van der Waals surface area contributed by atoms with Gasteiger partial charge in [-0.05, 0) is 37.4 Å². The predicted molar refractivity (Wildman–Crippen MR) is 55.8 cm³/mol. The normalized spacial score (nSPS) is 15.7. The van der Waals surface area contributed by atoms with Crippen LogP contribution in [0.2, 0.25) is 5.02 Å². The molecular weight excluding hydrogens is 220 g/mol. The maximum absolute atomic E-state index is 13.3. The molecule has 1 N–H and O–H groups in total. The maximum Gasteiger partial charge on any atom is 0.142 e. The van der Waals surface area contributed by atoms with Crippen LogP contribution in [0.4, 0.5) is 8.78 Å². The summed E-state index contributed by atoms with van der Waals surface area (Å²) in [5.41, 5.74) is 0.331. The Kier molecular flexibility index (Phi) is 3.22. The van der Waals surface area contributed by atoms with E-state index in [4.69, 9.17) is 11.6 Å². The van der Waals surface area contributed by atoms with Gasteiger partial charge in [0.1, 0.15) is 11.6 Å². The van der Waals surface area contributed by atoms with Gasteiger partial charge in [0.05, 0.1) is 5.02 Å². The molecule has 1 nitrogen and oxygen atoms in total. The van der Waals surface area contributed by atoms with Crippen LogP contribution >= 0.6 is 11.6 Å². The molecule has 0 radical (unpaired) electrons. The van der Waals surface area contributed by atoms with Crippen LogP contribution in [0.25, 0.3) is 0 Å². The van der Waals surface area contributed by atoms with Gasteiger partial charge in [-0.15, -0.1) is 0 Å². The van der Waals surface area contributed by atoms with Crippen molar-refractivity contribution in [2.75, 3.05) is 6.54 Å². The lowest BCUT2D eigenvalue weighted by Crippen LogP contribution is -2.17. The highest BCUT2D eigenvalue weighted by molar-refractivity contribution is 6.30. The van der Waals surface area contributed by atoms with Gasteiger partial charge in [-0.2, -0.15) is 0 Å². The summed E-state index contributed by atoms with van der Waals surface area (Å²) in [6, 6.07) is 2.17. The highest BCUT2D eigenvalue weighted by atomic mass is 35.5. The largest absolute Gasteiger partial charge is 0.312 e. The highest BCUT2D eigenvalue weighted by Crippen LogP contribution is 2.27. The first-order valence-corrected chi connectivity index (χ1v) is 5.39. The Morgan fingerprint density at radius 1 is 1.27 bits per heavy atom. The summed E-state index contributed by atoms with van der Waals surface area (Å²) in [7, 11) is 0. The molecule has 0 heterocycles. The summed E-state index contributed by atoms with van der Waals surface area (Å²) < 4.78 is 26.3. The quantitative estimate of drug-likeness (QED) is 0.786. The molecule has 0 atom stereocenters. The molecular formula is C11H12ClF2N. The average molecular weight is 232 g/mol. The lowest BCUT2D eigenvalue weighted by Gasteiger charge is -2.06. The van der Waals surface area contributed by atoms with Crippen LogP contribution in [0.3, 0.4) is 0 Å². The van der Waals surface area contributed by atoms with E-state index in [0.717, 1.165) is 24.6 Å². The average Bonchev–Trinajstić information content (AvgIpc) is 2.97. The second-order valence-electron chi connectivity index (χ2n) is 3.93. The number of halogens is 3. The van der Waals surface area contributed by atoms with Gasteiger partial charge in [0.25, 0.3) is 0 Å². The standard InChI is InChI=1S/C11H12ClF2N/c12-9-4-10(13)8(3-11(9)14)6-15-5-7-1-2-7/h3-4,7,15H,1-2,5-6H2. The number of nitrogens with one attached hydrogen (secondary N) is 1. The van der Waals surface area contributed by atoms with Crippen molar-refractivity contribution in [1.29, 1.82) is 0 Å².